The van der Waals surface area contributed by atoms with Crippen molar-refractivity contribution in [1.82, 2.24) is 19.6 Å². The van der Waals surface area contributed by atoms with E-state index >= 15 is 0 Å². The van der Waals surface area contributed by atoms with Crippen LogP contribution in [0.2, 0.25) is 25.7 Å². The maximum Gasteiger partial charge on any atom is 0.309 e. The van der Waals surface area contributed by atoms with Crippen LogP contribution in [0, 0.1) is 5.92 Å². The maximum atomic E-state index is 12.7. The Hall–Kier alpha value is -3.56. The number of fused-ring (bicyclic) bond motifs is 1. The molecule has 3 aromatic heterocycles. The summed E-state index contributed by atoms with van der Waals surface area (Å²) in [5.74, 6) is 0.953. The number of rotatable bonds is 10. The maximum absolute atomic E-state index is 12.7. The lowest BCUT2D eigenvalue weighted by Gasteiger charge is -2.29. The molecular formula is C34H45N5O3Si. The SMILES string of the molecule is CC(C)(C)OC(=O)C1CCC(c2cc(NCOCC[Si](C)(C)C)n3ncc(-c4ccc(-c5ccccc5)nc4)c3n2)CC1. The first kappa shape index (κ1) is 30.9. The Morgan fingerprint density at radius 2 is 1.74 bits per heavy atom. The number of hydrogen-bond acceptors (Lipinski definition) is 7. The van der Waals surface area contributed by atoms with Crippen LogP contribution in [0.25, 0.3) is 28.0 Å². The summed E-state index contributed by atoms with van der Waals surface area (Å²) in [6.07, 6.45) is 7.12. The minimum atomic E-state index is -1.17. The smallest absolute Gasteiger partial charge is 0.309 e. The topological polar surface area (TPSA) is 90.6 Å². The van der Waals surface area contributed by atoms with Gasteiger partial charge in [0.05, 0.1) is 17.8 Å². The van der Waals surface area contributed by atoms with Crippen LogP contribution in [0.3, 0.4) is 0 Å². The molecule has 0 spiro atoms. The summed E-state index contributed by atoms with van der Waals surface area (Å²) in [5, 5.41) is 8.19. The Bertz CT molecular complexity index is 1520. The zero-order chi connectivity index (χ0) is 30.6. The number of ether oxygens (including phenoxy) is 2. The molecule has 1 aromatic carbocycles. The minimum Gasteiger partial charge on any atom is -0.460 e. The highest BCUT2D eigenvalue weighted by Crippen LogP contribution is 2.38. The molecule has 1 saturated carbocycles. The third-order valence-corrected chi connectivity index (χ3v) is 9.58. The molecule has 9 heteroatoms. The molecule has 43 heavy (non-hydrogen) atoms. The summed E-state index contributed by atoms with van der Waals surface area (Å²) >= 11 is 0. The molecule has 5 rings (SSSR count). The zero-order valence-electron chi connectivity index (χ0n) is 26.4. The minimum absolute atomic E-state index is 0.0590. The van der Waals surface area contributed by atoms with Crippen molar-refractivity contribution in [3.8, 4) is 22.4 Å². The average molecular weight is 600 g/mol. The van der Waals surface area contributed by atoms with Crippen molar-refractivity contribution in [2.24, 2.45) is 5.92 Å². The van der Waals surface area contributed by atoms with Crippen LogP contribution < -0.4 is 5.32 Å². The molecule has 0 radical (unpaired) electrons. The van der Waals surface area contributed by atoms with Crippen LogP contribution in [0.4, 0.5) is 5.82 Å². The number of hydrogen-bond donors (Lipinski definition) is 1. The van der Waals surface area contributed by atoms with E-state index in [2.05, 4.69) is 49.2 Å². The van der Waals surface area contributed by atoms with Gasteiger partial charge in [-0.2, -0.15) is 9.61 Å². The highest BCUT2D eigenvalue weighted by atomic mass is 28.3. The summed E-state index contributed by atoms with van der Waals surface area (Å²) in [7, 11) is -1.17. The number of nitrogens with one attached hydrogen (secondary N) is 1. The molecule has 4 aromatic rings. The Labute approximate surface area is 256 Å². The standard InChI is InChI=1S/C34H45N5O3Si/c1-34(2,3)42-33(40)26-14-12-25(13-15-26)30-20-31(36-23-41-18-19-43(4,5)6)39-32(38-30)28(22-37-39)27-16-17-29(35-21-27)24-10-8-7-9-11-24/h7-11,16-17,20-22,25-26,36H,12-15,18-19,23H2,1-6H3. The van der Waals surface area contributed by atoms with Gasteiger partial charge in [0.25, 0.3) is 0 Å². The number of aromatic nitrogens is 4. The van der Waals surface area contributed by atoms with Gasteiger partial charge >= 0.3 is 5.97 Å². The molecule has 0 unspecified atom stereocenters. The number of carbonyl (C=O) groups is 1. The monoisotopic (exact) mass is 599 g/mol. The van der Waals surface area contributed by atoms with Gasteiger partial charge in [-0.05, 0) is 58.6 Å². The molecule has 1 aliphatic rings. The number of carbonyl (C=O) groups excluding carboxylic acids is 1. The third kappa shape index (κ3) is 8.09. The van der Waals surface area contributed by atoms with Crippen LogP contribution in [-0.2, 0) is 14.3 Å². The van der Waals surface area contributed by atoms with E-state index in [4.69, 9.17) is 24.5 Å². The normalized spacial score (nSPS) is 17.6. The predicted octanol–water partition coefficient (Wildman–Crippen LogP) is 7.80. The van der Waals surface area contributed by atoms with E-state index in [1.165, 1.54) is 0 Å². The molecule has 0 amide bonds. The molecule has 0 atom stereocenters. The van der Waals surface area contributed by atoms with Gasteiger partial charge < -0.3 is 14.8 Å². The number of nitrogens with zero attached hydrogens (tertiary/aromatic N) is 4. The average Bonchev–Trinajstić information content (AvgIpc) is 3.40. The Kier molecular flexibility index (Phi) is 9.32. The van der Waals surface area contributed by atoms with Crippen LogP contribution in [0.15, 0.2) is 60.9 Å². The van der Waals surface area contributed by atoms with Gasteiger partial charge in [0.2, 0.25) is 0 Å². The fourth-order valence-electron chi connectivity index (χ4n) is 5.44. The quantitative estimate of drug-likeness (QED) is 0.0861. The van der Waals surface area contributed by atoms with Crippen molar-refractivity contribution < 1.29 is 14.3 Å². The lowest BCUT2D eigenvalue weighted by molar-refractivity contribution is -0.161. The summed E-state index contributed by atoms with van der Waals surface area (Å²) in [4.78, 5) is 22.6. The van der Waals surface area contributed by atoms with E-state index in [1.807, 2.05) is 61.9 Å². The number of esters is 1. The van der Waals surface area contributed by atoms with Crippen molar-refractivity contribution in [3.05, 3.63) is 66.6 Å². The van der Waals surface area contributed by atoms with E-state index in [-0.39, 0.29) is 17.8 Å². The lowest BCUT2D eigenvalue weighted by atomic mass is 9.80. The molecule has 1 aliphatic carbocycles. The fraction of sp³-hybridized carbons (Fsp3) is 0.471. The van der Waals surface area contributed by atoms with Crippen molar-refractivity contribution >= 4 is 25.5 Å². The first-order chi connectivity index (χ1) is 20.5. The molecular weight excluding hydrogens is 554 g/mol. The largest absolute Gasteiger partial charge is 0.460 e. The van der Waals surface area contributed by atoms with Gasteiger partial charge in [-0.25, -0.2) is 4.98 Å². The second-order valence-electron chi connectivity index (χ2n) is 13.8. The van der Waals surface area contributed by atoms with Crippen molar-refractivity contribution in [1.29, 1.82) is 0 Å². The second kappa shape index (κ2) is 13.0. The summed E-state index contributed by atoms with van der Waals surface area (Å²) in [5.41, 5.74) is 5.22. The van der Waals surface area contributed by atoms with Crippen LogP contribution >= 0.6 is 0 Å². The van der Waals surface area contributed by atoms with Gasteiger partial charge in [0.15, 0.2) is 5.65 Å². The van der Waals surface area contributed by atoms with Crippen molar-refractivity contribution in [2.45, 2.75) is 83.7 Å². The molecule has 1 fully saturated rings. The molecule has 0 aliphatic heterocycles. The summed E-state index contributed by atoms with van der Waals surface area (Å²) in [6.45, 7) is 14.0. The van der Waals surface area contributed by atoms with Crippen molar-refractivity contribution in [2.75, 3.05) is 18.7 Å². The second-order valence-corrected chi connectivity index (χ2v) is 19.4. The Morgan fingerprint density at radius 1 is 1.00 bits per heavy atom. The summed E-state index contributed by atoms with van der Waals surface area (Å²) in [6, 6.07) is 17.5. The molecule has 8 nitrogen and oxygen atoms in total. The molecule has 228 valence electrons. The van der Waals surface area contributed by atoms with E-state index < -0.39 is 13.7 Å². The van der Waals surface area contributed by atoms with Crippen LogP contribution in [0.5, 0.6) is 0 Å². The fourth-order valence-corrected chi connectivity index (χ4v) is 6.20. The van der Waals surface area contributed by atoms with Crippen molar-refractivity contribution in [3.63, 3.8) is 0 Å². The third-order valence-electron chi connectivity index (χ3n) is 7.87. The lowest BCUT2D eigenvalue weighted by Crippen LogP contribution is -2.30. The first-order valence-corrected chi connectivity index (χ1v) is 19.1. The van der Waals surface area contributed by atoms with Crippen LogP contribution in [0.1, 0.15) is 58.1 Å². The Morgan fingerprint density at radius 3 is 2.40 bits per heavy atom. The van der Waals surface area contributed by atoms with E-state index in [0.29, 0.717) is 6.73 Å². The van der Waals surface area contributed by atoms with Crippen LogP contribution in [-0.4, -0.2) is 52.6 Å². The predicted molar refractivity (Wildman–Crippen MR) is 175 cm³/mol. The summed E-state index contributed by atoms with van der Waals surface area (Å²) < 4.78 is 13.5. The van der Waals surface area contributed by atoms with E-state index in [1.54, 1.807) is 0 Å². The zero-order valence-corrected chi connectivity index (χ0v) is 27.4. The highest BCUT2D eigenvalue weighted by Gasteiger charge is 2.31. The molecule has 3 heterocycles. The first-order valence-electron chi connectivity index (χ1n) is 15.4. The molecule has 0 bridgehead atoms. The van der Waals surface area contributed by atoms with E-state index in [0.717, 1.165) is 77.9 Å². The Balaban J connectivity index is 1.39. The van der Waals surface area contributed by atoms with Gasteiger partial charge in [-0.15, -0.1) is 0 Å². The van der Waals surface area contributed by atoms with Gasteiger partial charge in [0, 0.05) is 55.2 Å². The van der Waals surface area contributed by atoms with E-state index in [9.17, 15) is 4.79 Å². The van der Waals surface area contributed by atoms with Gasteiger partial charge in [-0.3, -0.25) is 9.78 Å². The van der Waals surface area contributed by atoms with Gasteiger partial charge in [-0.1, -0.05) is 56.0 Å². The number of pyridine rings is 1. The molecule has 1 N–H and O–H groups in total. The molecule has 0 saturated heterocycles. The van der Waals surface area contributed by atoms with Gasteiger partial charge in [0.1, 0.15) is 18.1 Å². The number of benzene rings is 1. The number of anilines is 1. The highest BCUT2D eigenvalue weighted by molar-refractivity contribution is 6.76.